The van der Waals surface area contributed by atoms with Crippen LogP contribution in [0.15, 0.2) is 83.8 Å². The molecule has 1 aromatic heterocycles. The first-order chi connectivity index (χ1) is 13.1. The summed E-state index contributed by atoms with van der Waals surface area (Å²) in [5, 5.41) is 2.92. The molecule has 0 spiro atoms. The third kappa shape index (κ3) is 5.31. The van der Waals surface area contributed by atoms with E-state index in [2.05, 4.69) is 10.2 Å². The molecule has 1 N–H and O–H groups in total. The standard InChI is InChI=1S/C22H23N3O2/c1-24(20-7-3-2-4-8-20)16-14-21(26)23-19-12-10-18(11-13-19)17-25-15-6-5-9-22(25)27/h2-13,15H,14,16-17H2,1H3,(H,23,26). The Balaban J connectivity index is 1.51. The third-order valence-corrected chi connectivity index (χ3v) is 4.36. The molecule has 0 aliphatic carbocycles. The van der Waals surface area contributed by atoms with Gasteiger partial charge in [0.1, 0.15) is 0 Å². The molecule has 0 atom stereocenters. The van der Waals surface area contributed by atoms with Crippen LogP contribution in [-0.4, -0.2) is 24.1 Å². The van der Waals surface area contributed by atoms with Gasteiger partial charge in [-0.05, 0) is 35.9 Å². The van der Waals surface area contributed by atoms with Crippen molar-refractivity contribution in [2.45, 2.75) is 13.0 Å². The molecule has 0 bridgehead atoms. The van der Waals surface area contributed by atoms with E-state index >= 15 is 0 Å². The molecule has 1 heterocycles. The number of benzene rings is 2. The Morgan fingerprint density at radius 3 is 2.37 bits per heavy atom. The first-order valence-corrected chi connectivity index (χ1v) is 8.92. The van der Waals surface area contributed by atoms with E-state index in [4.69, 9.17) is 0 Å². The van der Waals surface area contributed by atoms with Gasteiger partial charge >= 0.3 is 0 Å². The number of anilines is 2. The number of hydrogen-bond acceptors (Lipinski definition) is 3. The summed E-state index contributed by atoms with van der Waals surface area (Å²) in [5.74, 6) is -0.0233. The molecular formula is C22H23N3O2. The van der Waals surface area contributed by atoms with Crippen molar-refractivity contribution in [3.8, 4) is 0 Å². The molecule has 138 valence electrons. The Hall–Kier alpha value is -3.34. The highest BCUT2D eigenvalue weighted by Crippen LogP contribution is 2.13. The van der Waals surface area contributed by atoms with Crippen molar-refractivity contribution in [3.05, 3.63) is 94.9 Å². The number of carbonyl (C=O) groups excluding carboxylic acids is 1. The lowest BCUT2D eigenvalue weighted by atomic mass is 10.2. The van der Waals surface area contributed by atoms with Gasteiger partial charge in [-0.25, -0.2) is 0 Å². The number of para-hydroxylation sites is 1. The lowest BCUT2D eigenvalue weighted by Crippen LogP contribution is -2.23. The first-order valence-electron chi connectivity index (χ1n) is 8.92. The Morgan fingerprint density at radius 2 is 1.67 bits per heavy atom. The van der Waals surface area contributed by atoms with Crippen molar-refractivity contribution in [1.29, 1.82) is 0 Å². The summed E-state index contributed by atoms with van der Waals surface area (Å²) in [4.78, 5) is 26.0. The SMILES string of the molecule is CN(CCC(=O)Nc1ccc(Cn2ccccc2=O)cc1)c1ccccc1. The second kappa shape index (κ2) is 8.85. The number of rotatable bonds is 7. The summed E-state index contributed by atoms with van der Waals surface area (Å²) in [6, 6.07) is 22.7. The summed E-state index contributed by atoms with van der Waals surface area (Å²) in [6.07, 6.45) is 2.17. The van der Waals surface area contributed by atoms with Gasteiger partial charge in [-0.1, -0.05) is 36.4 Å². The molecule has 3 rings (SSSR count). The highest BCUT2D eigenvalue weighted by molar-refractivity contribution is 5.91. The molecule has 0 saturated carbocycles. The Labute approximate surface area is 158 Å². The summed E-state index contributed by atoms with van der Waals surface area (Å²) in [6.45, 7) is 1.15. The topological polar surface area (TPSA) is 54.3 Å². The number of nitrogens with one attached hydrogen (secondary N) is 1. The van der Waals surface area contributed by atoms with Crippen molar-refractivity contribution in [1.82, 2.24) is 4.57 Å². The van der Waals surface area contributed by atoms with Crippen molar-refractivity contribution in [2.75, 3.05) is 23.8 Å². The maximum Gasteiger partial charge on any atom is 0.250 e. The van der Waals surface area contributed by atoms with Gasteiger partial charge in [-0.3, -0.25) is 9.59 Å². The van der Waals surface area contributed by atoms with Crippen LogP contribution in [0, 0.1) is 0 Å². The summed E-state index contributed by atoms with van der Waals surface area (Å²) in [5.41, 5.74) is 2.82. The average molecular weight is 361 g/mol. The van der Waals surface area contributed by atoms with Crippen molar-refractivity contribution < 1.29 is 4.79 Å². The summed E-state index contributed by atoms with van der Waals surface area (Å²) >= 11 is 0. The summed E-state index contributed by atoms with van der Waals surface area (Å²) < 4.78 is 1.65. The zero-order valence-corrected chi connectivity index (χ0v) is 15.3. The van der Waals surface area contributed by atoms with Crippen LogP contribution in [0.4, 0.5) is 11.4 Å². The van der Waals surface area contributed by atoms with Crippen molar-refractivity contribution in [3.63, 3.8) is 0 Å². The minimum Gasteiger partial charge on any atom is -0.374 e. The van der Waals surface area contributed by atoms with Gasteiger partial charge in [-0.15, -0.1) is 0 Å². The molecule has 5 nitrogen and oxygen atoms in total. The van der Waals surface area contributed by atoms with Gasteiger partial charge in [0.2, 0.25) is 5.91 Å². The molecular weight excluding hydrogens is 338 g/mol. The van der Waals surface area contributed by atoms with Crippen LogP contribution in [0.3, 0.4) is 0 Å². The monoisotopic (exact) mass is 361 g/mol. The fourth-order valence-corrected chi connectivity index (χ4v) is 2.79. The van der Waals surface area contributed by atoms with E-state index < -0.39 is 0 Å². The Morgan fingerprint density at radius 1 is 0.963 bits per heavy atom. The molecule has 0 saturated heterocycles. The number of pyridine rings is 1. The highest BCUT2D eigenvalue weighted by Gasteiger charge is 2.06. The van der Waals surface area contributed by atoms with E-state index in [0.29, 0.717) is 19.5 Å². The fourth-order valence-electron chi connectivity index (χ4n) is 2.79. The van der Waals surface area contributed by atoms with Crippen LogP contribution in [-0.2, 0) is 11.3 Å². The molecule has 1 amide bonds. The Kier molecular flexibility index (Phi) is 6.05. The van der Waals surface area contributed by atoms with Gasteiger partial charge in [-0.2, -0.15) is 0 Å². The smallest absolute Gasteiger partial charge is 0.250 e. The van der Waals surface area contributed by atoms with E-state index in [1.807, 2.05) is 67.7 Å². The van der Waals surface area contributed by atoms with E-state index in [1.165, 1.54) is 0 Å². The Bertz CT molecular complexity index is 934. The van der Waals surface area contributed by atoms with Gasteiger partial charge in [0.15, 0.2) is 0 Å². The maximum absolute atomic E-state index is 12.2. The van der Waals surface area contributed by atoms with Gasteiger partial charge in [0, 0.05) is 43.7 Å². The molecule has 27 heavy (non-hydrogen) atoms. The van der Waals surface area contributed by atoms with Crippen LogP contribution < -0.4 is 15.8 Å². The average Bonchev–Trinajstić information content (AvgIpc) is 2.70. The fraction of sp³-hybridized carbons (Fsp3) is 0.182. The van der Waals surface area contributed by atoms with Crippen LogP contribution in [0.1, 0.15) is 12.0 Å². The molecule has 0 aliphatic rings. The first kappa shape index (κ1) is 18.5. The number of amides is 1. The molecule has 0 aliphatic heterocycles. The second-order valence-electron chi connectivity index (χ2n) is 6.42. The van der Waals surface area contributed by atoms with Crippen molar-refractivity contribution in [2.24, 2.45) is 0 Å². The number of carbonyl (C=O) groups is 1. The normalized spacial score (nSPS) is 10.4. The maximum atomic E-state index is 12.2. The zero-order chi connectivity index (χ0) is 19.1. The quantitative estimate of drug-likeness (QED) is 0.702. The molecule has 0 radical (unpaired) electrons. The minimum absolute atomic E-state index is 0.0233. The highest BCUT2D eigenvalue weighted by atomic mass is 16.1. The molecule has 2 aromatic carbocycles. The number of nitrogens with zero attached hydrogens (tertiary/aromatic N) is 2. The summed E-state index contributed by atoms with van der Waals surface area (Å²) in [7, 11) is 1.98. The molecule has 0 fully saturated rings. The van der Waals surface area contributed by atoms with E-state index in [9.17, 15) is 9.59 Å². The van der Waals surface area contributed by atoms with Crippen LogP contribution in [0.2, 0.25) is 0 Å². The lowest BCUT2D eigenvalue weighted by molar-refractivity contribution is -0.116. The third-order valence-electron chi connectivity index (χ3n) is 4.36. The van der Waals surface area contributed by atoms with E-state index in [0.717, 1.165) is 16.9 Å². The number of aromatic nitrogens is 1. The predicted molar refractivity (Wildman–Crippen MR) is 109 cm³/mol. The van der Waals surface area contributed by atoms with Crippen LogP contribution in [0.25, 0.3) is 0 Å². The minimum atomic E-state index is -0.0302. The lowest BCUT2D eigenvalue weighted by Gasteiger charge is -2.18. The van der Waals surface area contributed by atoms with Crippen LogP contribution >= 0.6 is 0 Å². The molecule has 0 unspecified atom stereocenters. The van der Waals surface area contributed by atoms with Gasteiger partial charge in [0.25, 0.3) is 5.56 Å². The van der Waals surface area contributed by atoms with Crippen LogP contribution in [0.5, 0.6) is 0 Å². The largest absolute Gasteiger partial charge is 0.374 e. The van der Waals surface area contributed by atoms with E-state index in [1.54, 1.807) is 22.9 Å². The zero-order valence-electron chi connectivity index (χ0n) is 15.3. The number of hydrogen-bond donors (Lipinski definition) is 1. The van der Waals surface area contributed by atoms with Gasteiger partial charge in [0.05, 0.1) is 6.54 Å². The van der Waals surface area contributed by atoms with Gasteiger partial charge < -0.3 is 14.8 Å². The molecule has 5 heteroatoms. The second-order valence-corrected chi connectivity index (χ2v) is 6.42. The predicted octanol–water partition coefficient (Wildman–Crippen LogP) is 3.36. The van der Waals surface area contributed by atoms with E-state index in [-0.39, 0.29) is 11.5 Å². The van der Waals surface area contributed by atoms with Crippen molar-refractivity contribution >= 4 is 17.3 Å². The molecule has 3 aromatic rings.